The third-order valence-corrected chi connectivity index (χ3v) is 4.58. The molecule has 0 bridgehead atoms. The minimum Gasteiger partial charge on any atom is -0.449 e. The molecule has 0 saturated carbocycles. The van der Waals surface area contributed by atoms with Crippen LogP contribution in [0.3, 0.4) is 0 Å². The van der Waals surface area contributed by atoms with Crippen LogP contribution in [0.2, 0.25) is 0 Å². The van der Waals surface area contributed by atoms with Crippen molar-refractivity contribution in [2.24, 2.45) is 0 Å². The molecule has 1 aromatic carbocycles. The largest absolute Gasteiger partial charge is 0.449 e. The summed E-state index contributed by atoms with van der Waals surface area (Å²) in [4.78, 5) is 13.8. The number of nitrogens with zero attached hydrogens (tertiary/aromatic N) is 5. The van der Waals surface area contributed by atoms with Gasteiger partial charge in [0.15, 0.2) is 5.82 Å². The van der Waals surface area contributed by atoms with Gasteiger partial charge < -0.3 is 9.64 Å². The second kappa shape index (κ2) is 8.60. The molecular formula is C18H25N5O2. The first-order chi connectivity index (χ1) is 12.3. The van der Waals surface area contributed by atoms with E-state index in [1.54, 1.807) is 4.90 Å². The van der Waals surface area contributed by atoms with Crippen molar-refractivity contribution in [1.82, 2.24) is 25.1 Å². The first-order valence-electron chi connectivity index (χ1n) is 8.99. The summed E-state index contributed by atoms with van der Waals surface area (Å²) in [6, 6.07) is 10.2. The van der Waals surface area contributed by atoms with Gasteiger partial charge in [0.05, 0.1) is 13.2 Å². The Bertz CT molecular complexity index is 665. The van der Waals surface area contributed by atoms with E-state index in [0.717, 1.165) is 31.5 Å². The van der Waals surface area contributed by atoms with Crippen molar-refractivity contribution in [3.63, 3.8) is 0 Å². The quantitative estimate of drug-likeness (QED) is 0.754. The Morgan fingerprint density at radius 2 is 2.00 bits per heavy atom. The molecule has 3 rings (SSSR count). The Kier molecular flexibility index (Phi) is 5.98. The number of carbonyl (C=O) groups excluding carboxylic acids is 1. The van der Waals surface area contributed by atoms with Gasteiger partial charge in [-0.15, -0.1) is 5.10 Å². The third-order valence-electron chi connectivity index (χ3n) is 4.58. The van der Waals surface area contributed by atoms with E-state index in [2.05, 4.69) is 34.6 Å². The second-order valence-electron chi connectivity index (χ2n) is 6.41. The van der Waals surface area contributed by atoms with Crippen LogP contribution in [0, 0.1) is 0 Å². The number of unbranched alkanes of at least 4 members (excludes halogenated alkanes) is 1. The molecule has 7 heteroatoms. The third kappa shape index (κ3) is 4.55. The van der Waals surface area contributed by atoms with E-state index in [1.165, 1.54) is 5.56 Å². The van der Waals surface area contributed by atoms with Crippen LogP contribution in [0.1, 0.15) is 49.9 Å². The van der Waals surface area contributed by atoms with Crippen LogP contribution >= 0.6 is 0 Å². The van der Waals surface area contributed by atoms with Crippen molar-refractivity contribution in [2.45, 2.75) is 45.1 Å². The van der Waals surface area contributed by atoms with Crippen molar-refractivity contribution >= 4 is 6.09 Å². The topological polar surface area (TPSA) is 73.1 Å². The number of piperidine rings is 1. The summed E-state index contributed by atoms with van der Waals surface area (Å²) >= 11 is 0. The van der Waals surface area contributed by atoms with Crippen molar-refractivity contribution in [3.8, 4) is 0 Å². The van der Waals surface area contributed by atoms with Gasteiger partial charge in [0.1, 0.15) is 0 Å². The van der Waals surface area contributed by atoms with Gasteiger partial charge in [0.25, 0.3) is 0 Å². The maximum atomic E-state index is 12.0. The lowest BCUT2D eigenvalue weighted by atomic mass is 9.96. The standard InChI is InChI=1S/C18H25N5O2/c1-2-3-13-25-18(24)22-11-9-16(10-12-22)17-19-20-21-23(17)14-15-7-5-4-6-8-15/h4-8,16H,2-3,9-14H2,1H3. The van der Waals surface area contributed by atoms with Gasteiger partial charge in [-0.25, -0.2) is 9.48 Å². The Balaban J connectivity index is 1.55. The second-order valence-corrected chi connectivity index (χ2v) is 6.41. The van der Waals surface area contributed by atoms with Crippen molar-refractivity contribution < 1.29 is 9.53 Å². The molecule has 1 amide bonds. The smallest absolute Gasteiger partial charge is 0.409 e. The molecule has 2 aromatic rings. The summed E-state index contributed by atoms with van der Waals surface area (Å²) in [5, 5.41) is 12.2. The molecule has 7 nitrogen and oxygen atoms in total. The Labute approximate surface area is 148 Å². The molecule has 0 N–H and O–H groups in total. The predicted octanol–water partition coefficient (Wildman–Crippen LogP) is 2.84. The highest BCUT2D eigenvalue weighted by Gasteiger charge is 2.28. The van der Waals surface area contributed by atoms with E-state index in [-0.39, 0.29) is 12.0 Å². The van der Waals surface area contributed by atoms with Gasteiger partial charge in [-0.3, -0.25) is 0 Å². The Morgan fingerprint density at radius 1 is 1.24 bits per heavy atom. The number of hydrogen-bond donors (Lipinski definition) is 0. The molecule has 1 fully saturated rings. The van der Waals surface area contributed by atoms with E-state index in [9.17, 15) is 4.79 Å². The number of ether oxygens (including phenoxy) is 1. The molecule has 0 atom stereocenters. The SMILES string of the molecule is CCCCOC(=O)N1CCC(c2nnnn2Cc2ccccc2)CC1. The Hall–Kier alpha value is -2.44. The fraction of sp³-hybridized carbons (Fsp3) is 0.556. The van der Waals surface area contributed by atoms with Crippen LogP contribution in [0.4, 0.5) is 4.79 Å². The number of rotatable bonds is 6. The normalized spacial score (nSPS) is 15.3. The van der Waals surface area contributed by atoms with E-state index in [4.69, 9.17) is 4.74 Å². The predicted molar refractivity (Wildman–Crippen MR) is 93.2 cm³/mol. The molecule has 0 spiro atoms. The number of hydrogen-bond acceptors (Lipinski definition) is 5. The molecule has 25 heavy (non-hydrogen) atoms. The van der Waals surface area contributed by atoms with E-state index in [1.807, 2.05) is 22.9 Å². The maximum absolute atomic E-state index is 12.0. The number of aromatic nitrogens is 4. The van der Waals surface area contributed by atoms with Gasteiger partial charge in [0, 0.05) is 19.0 Å². The average molecular weight is 343 g/mol. The highest BCUT2D eigenvalue weighted by Crippen LogP contribution is 2.26. The number of likely N-dealkylation sites (tertiary alicyclic amines) is 1. The van der Waals surface area contributed by atoms with Gasteiger partial charge in [-0.1, -0.05) is 43.7 Å². The van der Waals surface area contributed by atoms with Crippen LogP contribution in [-0.4, -0.2) is 50.9 Å². The van der Waals surface area contributed by atoms with Crippen LogP contribution in [-0.2, 0) is 11.3 Å². The molecule has 0 radical (unpaired) electrons. The van der Waals surface area contributed by atoms with Crippen LogP contribution in [0.25, 0.3) is 0 Å². The zero-order valence-corrected chi connectivity index (χ0v) is 14.7. The fourth-order valence-electron chi connectivity index (χ4n) is 3.09. The zero-order valence-electron chi connectivity index (χ0n) is 14.7. The average Bonchev–Trinajstić information content (AvgIpc) is 3.11. The molecule has 134 valence electrons. The van der Waals surface area contributed by atoms with Crippen molar-refractivity contribution in [1.29, 1.82) is 0 Å². The first-order valence-corrected chi connectivity index (χ1v) is 8.99. The van der Waals surface area contributed by atoms with Crippen LogP contribution in [0.15, 0.2) is 30.3 Å². The van der Waals surface area contributed by atoms with Crippen molar-refractivity contribution in [3.05, 3.63) is 41.7 Å². The summed E-state index contributed by atoms with van der Waals surface area (Å²) < 4.78 is 7.16. The Morgan fingerprint density at radius 3 is 2.72 bits per heavy atom. The van der Waals surface area contributed by atoms with Gasteiger partial charge in [-0.2, -0.15) is 0 Å². The summed E-state index contributed by atoms with van der Waals surface area (Å²) in [5.41, 5.74) is 1.17. The molecule has 0 unspecified atom stereocenters. The highest BCUT2D eigenvalue weighted by molar-refractivity contribution is 5.67. The first kappa shape index (κ1) is 17.4. The minimum atomic E-state index is -0.198. The minimum absolute atomic E-state index is 0.198. The number of benzene rings is 1. The zero-order chi connectivity index (χ0) is 17.5. The van der Waals surface area contributed by atoms with Crippen molar-refractivity contribution in [2.75, 3.05) is 19.7 Å². The summed E-state index contributed by atoms with van der Waals surface area (Å²) in [7, 11) is 0. The number of tetrazole rings is 1. The van der Waals surface area contributed by atoms with Crippen LogP contribution < -0.4 is 0 Å². The molecule has 1 saturated heterocycles. The molecule has 1 aliphatic rings. The summed E-state index contributed by atoms with van der Waals surface area (Å²) in [5.74, 6) is 1.18. The van der Waals surface area contributed by atoms with Gasteiger partial charge >= 0.3 is 6.09 Å². The highest BCUT2D eigenvalue weighted by atomic mass is 16.6. The lowest BCUT2D eigenvalue weighted by molar-refractivity contribution is 0.0909. The van der Waals surface area contributed by atoms with E-state index < -0.39 is 0 Å². The molecule has 1 aromatic heterocycles. The molecule has 2 heterocycles. The fourth-order valence-corrected chi connectivity index (χ4v) is 3.09. The molecule has 0 aliphatic carbocycles. The molecule has 1 aliphatic heterocycles. The van der Waals surface area contributed by atoms with Crippen LogP contribution in [0.5, 0.6) is 0 Å². The molecular weight excluding hydrogens is 318 g/mol. The number of amides is 1. The van der Waals surface area contributed by atoms with E-state index in [0.29, 0.717) is 26.2 Å². The lowest BCUT2D eigenvalue weighted by Crippen LogP contribution is -2.39. The maximum Gasteiger partial charge on any atom is 0.409 e. The summed E-state index contributed by atoms with van der Waals surface area (Å²) in [6.45, 7) is 4.63. The van der Waals surface area contributed by atoms with Gasteiger partial charge in [-0.05, 0) is 35.3 Å². The van der Waals surface area contributed by atoms with Gasteiger partial charge in [0.2, 0.25) is 0 Å². The lowest BCUT2D eigenvalue weighted by Gasteiger charge is -2.30. The monoisotopic (exact) mass is 343 g/mol. The number of carbonyl (C=O) groups is 1. The van der Waals surface area contributed by atoms with E-state index >= 15 is 0 Å². The summed E-state index contributed by atoms with van der Waals surface area (Å²) in [6.07, 6.45) is 3.46.